The minimum atomic E-state index is -0.0925. The molecule has 1 saturated heterocycles. The zero-order chi connectivity index (χ0) is 29.8. The molecule has 43 heavy (non-hydrogen) atoms. The molecule has 6 nitrogen and oxygen atoms in total. The van der Waals surface area contributed by atoms with Crippen molar-refractivity contribution < 1.29 is 4.79 Å². The first-order valence-electron chi connectivity index (χ1n) is 14.0. The molecule has 6 rings (SSSR count). The number of anilines is 1. The minimum absolute atomic E-state index is 0.0925. The van der Waals surface area contributed by atoms with Gasteiger partial charge in [-0.1, -0.05) is 103 Å². The fourth-order valence-corrected chi connectivity index (χ4v) is 7.49. The summed E-state index contributed by atoms with van der Waals surface area (Å²) in [7, 11) is 2.03. The SMILES string of the molecule is CCNc1ccc(C#N)cc1N=C1SC(=C2SC(c3ccccc3)=C(c3ccccc3)N2C)C(=O)N1Cc1ccccc1. The van der Waals surface area contributed by atoms with Crippen LogP contribution in [0.5, 0.6) is 0 Å². The van der Waals surface area contributed by atoms with Crippen LogP contribution >= 0.6 is 23.5 Å². The molecular weight excluding hydrogens is 571 g/mol. The summed E-state index contributed by atoms with van der Waals surface area (Å²) in [5.74, 6) is -0.0925. The van der Waals surface area contributed by atoms with Gasteiger partial charge in [-0.15, -0.1) is 0 Å². The Morgan fingerprint density at radius 3 is 2.14 bits per heavy atom. The van der Waals surface area contributed by atoms with E-state index in [-0.39, 0.29) is 5.91 Å². The van der Waals surface area contributed by atoms with Gasteiger partial charge < -0.3 is 10.2 Å². The summed E-state index contributed by atoms with van der Waals surface area (Å²) >= 11 is 3.00. The van der Waals surface area contributed by atoms with E-state index in [1.54, 1.807) is 28.8 Å². The van der Waals surface area contributed by atoms with E-state index in [9.17, 15) is 10.1 Å². The molecule has 2 aliphatic rings. The molecule has 2 aliphatic heterocycles. The maximum absolute atomic E-state index is 14.3. The topological polar surface area (TPSA) is 71.7 Å². The second kappa shape index (κ2) is 12.7. The fourth-order valence-electron chi connectivity index (χ4n) is 5.03. The zero-order valence-electron chi connectivity index (χ0n) is 23.8. The van der Waals surface area contributed by atoms with Gasteiger partial charge in [0.05, 0.1) is 40.3 Å². The highest BCUT2D eigenvalue weighted by atomic mass is 32.2. The number of nitriles is 1. The summed E-state index contributed by atoms with van der Waals surface area (Å²) in [4.78, 5) is 24.9. The van der Waals surface area contributed by atoms with E-state index in [1.807, 2.05) is 86.8 Å². The van der Waals surface area contributed by atoms with Crippen LogP contribution < -0.4 is 5.32 Å². The number of rotatable bonds is 7. The average Bonchev–Trinajstić information content (AvgIpc) is 3.55. The molecule has 0 radical (unpaired) electrons. The van der Waals surface area contributed by atoms with E-state index in [0.29, 0.717) is 34.4 Å². The van der Waals surface area contributed by atoms with Crippen LogP contribution in [0, 0.1) is 11.3 Å². The highest BCUT2D eigenvalue weighted by Crippen LogP contribution is 2.53. The molecule has 0 saturated carbocycles. The molecule has 1 N–H and O–H groups in total. The molecular formula is C35H29N5OS2. The van der Waals surface area contributed by atoms with Crippen molar-refractivity contribution in [1.29, 1.82) is 5.26 Å². The summed E-state index contributed by atoms with van der Waals surface area (Å²) < 4.78 is 0. The van der Waals surface area contributed by atoms with Crippen LogP contribution in [0.2, 0.25) is 0 Å². The number of benzene rings is 4. The molecule has 0 aromatic heterocycles. The summed E-state index contributed by atoms with van der Waals surface area (Å²) in [6.07, 6.45) is 0. The lowest BCUT2D eigenvalue weighted by Gasteiger charge is -2.19. The van der Waals surface area contributed by atoms with Gasteiger partial charge in [-0.25, -0.2) is 4.99 Å². The molecule has 0 aliphatic carbocycles. The molecule has 0 bridgehead atoms. The van der Waals surface area contributed by atoms with E-state index >= 15 is 0 Å². The van der Waals surface area contributed by atoms with Crippen LogP contribution in [-0.2, 0) is 11.3 Å². The van der Waals surface area contributed by atoms with E-state index in [0.717, 1.165) is 38.0 Å². The van der Waals surface area contributed by atoms with Crippen molar-refractivity contribution in [2.75, 3.05) is 18.9 Å². The van der Waals surface area contributed by atoms with Crippen molar-refractivity contribution in [3.63, 3.8) is 0 Å². The molecule has 0 unspecified atom stereocenters. The van der Waals surface area contributed by atoms with Gasteiger partial charge in [0, 0.05) is 18.5 Å². The Labute approximate surface area is 260 Å². The lowest BCUT2D eigenvalue weighted by molar-refractivity contribution is -0.122. The summed E-state index contributed by atoms with van der Waals surface area (Å²) in [6.45, 7) is 3.11. The number of nitrogens with one attached hydrogen (secondary N) is 1. The van der Waals surface area contributed by atoms with E-state index in [4.69, 9.17) is 4.99 Å². The third-order valence-corrected chi connectivity index (χ3v) is 9.59. The van der Waals surface area contributed by atoms with Crippen molar-refractivity contribution in [3.05, 3.63) is 141 Å². The van der Waals surface area contributed by atoms with Crippen molar-refractivity contribution in [2.45, 2.75) is 13.5 Å². The van der Waals surface area contributed by atoms with Gasteiger partial charge in [-0.2, -0.15) is 5.26 Å². The third-order valence-electron chi connectivity index (χ3n) is 7.09. The Balaban J connectivity index is 1.47. The second-order valence-electron chi connectivity index (χ2n) is 9.95. The number of carbonyl (C=O) groups is 1. The van der Waals surface area contributed by atoms with Crippen LogP contribution in [0.15, 0.2) is 124 Å². The first kappa shape index (κ1) is 28.4. The molecule has 4 aromatic carbocycles. The van der Waals surface area contributed by atoms with Gasteiger partial charge in [-0.05, 0) is 53.6 Å². The standard InChI is InChI=1S/C35H29N5OS2/c1-3-37-28-20-19-25(22-36)21-29(28)38-35-40(23-24-13-7-4-8-14-24)33(41)32(43-35)34-39(2)30(26-15-9-5-10-16-26)31(42-34)27-17-11-6-12-18-27/h4-21,37H,3,23H2,1-2H3. The summed E-state index contributed by atoms with van der Waals surface area (Å²) in [5.41, 5.74) is 6.20. The number of amidine groups is 1. The Bertz CT molecular complexity index is 1790. The monoisotopic (exact) mass is 599 g/mol. The molecule has 212 valence electrons. The van der Waals surface area contributed by atoms with Gasteiger partial charge in [0.2, 0.25) is 0 Å². The average molecular weight is 600 g/mol. The largest absolute Gasteiger partial charge is 0.384 e. The number of hydrogen-bond donors (Lipinski definition) is 1. The maximum atomic E-state index is 14.3. The Hall–Kier alpha value is -4.71. The van der Waals surface area contributed by atoms with Crippen molar-refractivity contribution in [1.82, 2.24) is 9.80 Å². The van der Waals surface area contributed by atoms with Crippen molar-refractivity contribution >= 4 is 56.6 Å². The Morgan fingerprint density at radius 2 is 1.49 bits per heavy atom. The Morgan fingerprint density at radius 1 is 0.837 bits per heavy atom. The van der Waals surface area contributed by atoms with Crippen LogP contribution in [0.1, 0.15) is 29.2 Å². The number of carbonyl (C=O) groups excluding carboxylic acids is 1. The quantitative estimate of drug-likeness (QED) is 0.216. The molecule has 2 heterocycles. The fraction of sp³-hybridized carbons (Fsp3) is 0.114. The molecule has 0 atom stereocenters. The number of nitrogens with zero attached hydrogens (tertiary/aromatic N) is 4. The number of amides is 1. The molecule has 8 heteroatoms. The van der Waals surface area contributed by atoms with E-state index in [1.165, 1.54) is 11.8 Å². The summed E-state index contributed by atoms with van der Waals surface area (Å²) in [5, 5.41) is 14.4. The number of aliphatic imine (C=N–C) groups is 1. The highest BCUT2D eigenvalue weighted by molar-refractivity contribution is 8.20. The first-order chi connectivity index (χ1) is 21.1. The minimum Gasteiger partial charge on any atom is -0.384 e. The van der Waals surface area contributed by atoms with Gasteiger partial charge in [0.1, 0.15) is 4.91 Å². The highest BCUT2D eigenvalue weighted by Gasteiger charge is 2.40. The van der Waals surface area contributed by atoms with Crippen LogP contribution in [0.25, 0.3) is 10.6 Å². The normalized spacial score (nSPS) is 17.6. The lowest BCUT2D eigenvalue weighted by atomic mass is 10.1. The van der Waals surface area contributed by atoms with Crippen molar-refractivity contribution in [2.24, 2.45) is 4.99 Å². The summed E-state index contributed by atoms with van der Waals surface area (Å²) in [6, 6.07) is 38.1. The zero-order valence-corrected chi connectivity index (χ0v) is 25.5. The smallest absolute Gasteiger partial charge is 0.269 e. The molecule has 4 aromatic rings. The van der Waals surface area contributed by atoms with Crippen LogP contribution in [0.3, 0.4) is 0 Å². The van der Waals surface area contributed by atoms with Crippen LogP contribution in [0.4, 0.5) is 11.4 Å². The Kier molecular flexibility index (Phi) is 8.36. The predicted molar refractivity (Wildman–Crippen MR) is 179 cm³/mol. The van der Waals surface area contributed by atoms with Gasteiger partial charge in [-0.3, -0.25) is 9.69 Å². The van der Waals surface area contributed by atoms with E-state index in [2.05, 4.69) is 40.6 Å². The second-order valence-corrected chi connectivity index (χ2v) is 11.9. The third kappa shape index (κ3) is 5.82. The van der Waals surface area contributed by atoms with Gasteiger partial charge in [0.15, 0.2) is 5.17 Å². The van der Waals surface area contributed by atoms with Crippen molar-refractivity contribution in [3.8, 4) is 6.07 Å². The number of hydrogen-bond acceptors (Lipinski definition) is 7. The van der Waals surface area contributed by atoms with Gasteiger partial charge in [0.25, 0.3) is 5.91 Å². The maximum Gasteiger partial charge on any atom is 0.269 e. The predicted octanol–water partition coefficient (Wildman–Crippen LogP) is 8.13. The molecule has 1 fully saturated rings. The lowest BCUT2D eigenvalue weighted by Crippen LogP contribution is -2.29. The molecule has 1 amide bonds. The van der Waals surface area contributed by atoms with E-state index < -0.39 is 0 Å². The number of thioether (sulfide) groups is 2. The van der Waals surface area contributed by atoms with Crippen LogP contribution in [-0.4, -0.2) is 34.5 Å². The molecule has 0 spiro atoms. The van der Waals surface area contributed by atoms with Gasteiger partial charge >= 0.3 is 0 Å². The first-order valence-corrected chi connectivity index (χ1v) is 15.6.